The van der Waals surface area contributed by atoms with Crippen molar-refractivity contribution in [1.29, 1.82) is 0 Å². The lowest BCUT2D eigenvalue weighted by atomic mass is 9.60. The molecule has 0 radical (unpaired) electrons. The van der Waals surface area contributed by atoms with Gasteiger partial charge in [-0.15, -0.1) is 0 Å². The van der Waals surface area contributed by atoms with Crippen molar-refractivity contribution in [2.24, 2.45) is 16.1 Å². The number of amidine groups is 1. The van der Waals surface area contributed by atoms with Gasteiger partial charge < -0.3 is 19.9 Å². The molecule has 138 valence electrons. The fraction of sp³-hybridized carbons (Fsp3) is 0.300. The van der Waals surface area contributed by atoms with Gasteiger partial charge in [-0.1, -0.05) is 18.7 Å². The van der Waals surface area contributed by atoms with Crippen LogP contribution in [0.3, 0.4) is 0 Å². The van der Waals surface area contributed by atoms with Crippen molar-refractivity contribution in [3.63, 3.8) is 0 Å². The normalized spacial score (nSPS) is 27.3. The minimum absolute atomic E-state index is 0.134. The Bertz CT molecular complexity index is 973. The van der Waals surface area contributed by atoms with Gasteiger partial charge in [-0.2, -0.15) is 4.39 Å². The van der Waals surface area contributed by atoms with E-state index >= 15 is 0 Å². The average molecular weight is 367 g/mol. The first kappa shape index (κ1) is 16.3. The summed E-state index contributed by atoms with van der Waals surface area (Å²) in [6.45, 7) is 5.11. The Hall–Kier alpha value is -2.93. The van der Waals surface area contributed by atoms with E-state index < -0.39 is 16.9 Å². The Morgan fingerprint density at radius 1 is 1.26 bits per heavy atom. The third kappa shape index (κ3) is 2.03. The van der Waals surface area contributed by atoms with E-state index in [4.69, 9.17) is 24.9 Å². The number of fused-ring (bicyclic) bond motifs is 3. The average Bonchev–Trinajstić information content (AvgIpc) is 3.03. The lowest BCUT2D eigenvalue weighted by molar-refractivity contribution is -0.204. The number of rotatable bonds is 2. The van der Waals surface area contributed by atoms with Gasteiger partial charge in [-0.25, -0.2) is 9.98 Å². The third-order valence-electron chi connectivity index (χ3n) is 5.78. The summed E-state index contributed by atoms with van der Waals surface area (Å²) in [7, 11) is 0. The number of pyridine rings is 1. The molecule has 3 aliphatic heterocycles. The van der Waals surface area contributed by atoms with Crippen LogP contribution >= 0.6 is 0 Å². The Morgan fingerprint density at radius 2 is 2.11 bits per heavy atom. The van der Waals surface area contributed by atoms with Crippen LogP contribution in [0.5, 0.6) is 5.75 Å². The summed E-state index contributed by atoms with van der Waals surface area (Å²) in [6, 6.07) is 9.05. The van der Waals surface area contributed by atoms with Crippen molar-refractivity contribution in [2.45, 2.75) is 11.6 Å². The number of benzene rings is 1. The molecule has 1 saturated heterocycles. The fourth-order valence-electron chi connectivity index (χ4n) is 4.30. The molecule has 2 N–H and O–H groups in total. The van der Waals surface area contributed by atoms with Crippen LogP contribution in [0.1, 0.15) is 5.56 Å². The number of nitrogens with zero attached hydrogens (tertiary/aromatic N) is 2. The fourth-order valence-corrected chi connectivity index (χ4v) is 4.30. The molecule has 0 saturated carbocycles. The van der Waals surface area contributed by atoms with E-state index in [1.54, 1.807) is 18.2 Å². The monoisotopic (exact) mass is 367 g/mol. The van der Waals surface area contributed by atoms with Crippen molar-refractivity contribution < 1.29 is 18.6 Å². The minimum atomic E-state index is -0.767. The van der Waals surface area contributed by atoms with E-state index in [1.165, 1.54) is 6.20 Å². The first-order valence-electron chi connectivity index (χ1n) is 8.70. The van der Waals surface area contributed by atoms with Crippen LogP contribution in [0.15, 0.2) is 54.2 Å². The quantitative estimate of drug-likeness (QED) is 0.651. The molecular weight excluding hydrogens is 349 g/mol. The molecule has 2 unspecified atom stereocenters. The Morgan fingerprint density at radius 3 is 2.74 bits per heavy atom. The van der Waals surface area contributed by atoms with Crippen molar-refractivity contribution in [3.8, 4) is 16.9 Å². The van der Waals surface area contributed by atoms with Gasteiger partial charge in [0.15, 0.2) is 0 Å². The molecule has 6 nitrogen and oxygen atoms in total. The Labute approximate surface area is 155 Å². The van der Waals surface area contributed by atoms with Crippen LogP contribution in [0.2, 0.25) is 0 Å². The van der Waals surface area contributed by atoms with Crippen LogP contribution in [-0.4, -0.2) is 36.9 Å². The van der Waals surface area contributed by atoms with E-state index in [-0.39, 0.29) is 18.7 Å². The lowest BCUT2D eigenvalue weighted by Crippen LogP contribution is -2.67. The second-order valence-electron chi connectivity index (χ2n) is 7.07. The summed E-state index contributed by atoms with van der Waals surface area (Å²) >= 11 is 0. The van der Waals surface area contributed by atoms with Gasteiger partial charge in [-0.3, -0.25) is 0 Å². The largest absolute Gasteiger partial charge is 0.485 e. The second-order valence-corrected chi connectivity index (χ2v) is 7.07. The van der Waals surface area contributed by atoms with Crippen LogP contribution in [0, 0.1) is 11.4 Å². The molecule has 1 aromatic carbocycles. The maximum absolute atomic E-state index is 14.2. The van der Waals surface area contributed by atoms with Crippen molar-refractivity contribution in [1.82, 2.24) is 4.98 Å². The van der Waals surface area contributed by atoms with Crippen molar-refractivity contribution in [3.05, 3.63) is 60.7 Å². The zero-order valence-electron chi connectivity index (χ0n) is 14.5. The standard InChI is InChI=1S/C20H18FN3O3/c1-2-16-19(9-25-10-19)20(11-26-18(22)24-20)14-8-12(5-6-15(14)27-16)13-4-3-7-23-17(13)21/h2-8,16H,1,9-11H2,(H2,22,24). The molecule has 7 heteroatoms. The molecule has 1 fully saturated rings. The molecule has 3 aliphatic rings. The molecule has 0 aliphatic carbocycles. The van der Waals surface area contributed by atoms with Crippen LogP contribution in [0.4, 0.5) is 4.39 Å². The SMILES string of the molecule is C=CC1Oc2ccc(-c3cccnc3F)cc2C2(COC(N)=N2)C12COC2. The van der Waals surface area contributed by atoms with Crippen molar-refractivity contribution in [2.75, 3.05) is 19.8 Å². The van der Waals surface area contributed by atoms with E-state index in [0.717, 1.165) is 5.56 Å². The lowest BCUT2D eigenvalue weighted by Gasteiger charge is -2.56. The number of ether oxygens (including phenoxy) is 3. The molecule has 2 spiro atoms. The number of hydrogen-bond donors (Lipinski definition) is 1. The highest BCUT2D eigenvalue weighted by molar-refractivity contribution is 5.76. The maximum atomic E-state index is 14.2. The second kappa shape index (κ2) is 5.53. The summed E-state index contributed by atoms with van der Waals surface area (Å²) in [6.07, 6.45) is 2.90. The molecule has 27 heavy (non-hydrogen) atoms. The van der Waals surface area contributed by atoms with Crippen molar-refractivity contribution >= 4 is 6.02 Å². The van der Waals surface area contributed by atoms with Crippen LogP contribution in [-0.2, 0) is 15.0 Å². The first-order chi connectivity index (χ1) is 13.1. The van der Waals surface area contributed by atoms with E-state index in [1.807, 2.05) is 18.2 Å². The van der Waals surface area contributed by atoms with E-state index in [0.29, 0.717) is 30.1 Å². The van der Waals surface area contributed by atoms with Crippen LogP contribution < -0.4 is 10.5 Å². The molecular formula is C20H18FN3O3. The third-order valence-corrected chi connectivity index (χ3v) is 5.78. The minimum Gasteiger partial charge on any atom is -0.485 e. The molecule has 4 heterocycles. The summed E-state index contributed by atoms with van der Waals surface area (Å²) in [4.78, 5) is 8.45. The summed E-state index contributed by atoms with van der Waals surface area (Å²) in [5.41, 5.74) is 6.59. The van der Waals surface area contributed by atoms with E-state index in [2.05, 4.69) is 11.6 Å². The number of nitrogens with two attached hydrogens (primary N) is 1. The Kier molecular flexibility index (Phi) is 3.33. The summed E-state index contributed by atoms with van der Waals surface area (Å²) < 4.78 is 31.6. The molecule has 5 rings (SSSR count). The molecule has 0 bridgehead atoms. The topological polar surface area (TPSA) is 79.0 Å². The summed E-state index contributed by atoms with van der Waals surface area (Å²) in [5, 5.41) is 0. The first-order valence-corrected chi connectivity index (χ1v) is 8.70. The summed E-state index contributed by atoms with van der Waals surface area (Å²) in [5.74, 6) is 0.132. The van der Waals surface area contributed by atoms with Gasteiger partial charge in [0.1, 0.15) is 24.0 Å². The van der Waals surface area contributed by atoms with Gasteiger partial charge in [0.25, 0.3) is 6.02 Å². The van der Waals surface area contributed by atoms with E-state index in [9.17, 15) is 4.39 Å². The number of hydrogen-bond acceptors (Lipinski definition) is 6. The Balaban J connectivity index is 1.74. The van der Waals surface area contributed by atoms with Gasteiger partial charge in [0.2, 0.25) is 5.95 Å². The highest BCUT2D eigenvalue weighted by Crippen LogP contribution is 2.59. The number of halogens is 1. The molecule has 1 aromatic heterocycles. The number of aliphatic imine (C=N–C) groups is 1. The van der Waals surface area contributed by atoms with Gasteiger partial charge >= 0.3 is 0 Å². The molecule has 2 aromatic rings. The highest BCUT2D eigenvalue weighted by atomic mass is 19.1. The maximum Gasteiger partial charge on any atom is 0.283 e. The molecule has 2 atom stereocenters. The van der Waals surface area contributed by atoms with Gasteiger partial charge in [-0.05, 0) is 29.8 Å². The van der Waals surface area contributed by atoms with Gasteiger partial charge in [0.05, 0.1) is 18.6 Å². The predicted octanol–water partition coefficient (Wildman–Crippen LogP) is 2.39. The predicted molar refractivity (Wildman–Crippen MR) is 96.7 cm³/mol. The number of aromatic nitrogens is 1. The highest BCUT2D eigenvalue weighted by Gasteiger charge is 2.67. The van der Waals surface area contributed by atoms with Crippen LogP contribution in [0.25, 0.3) is 11.1 Å². The van der Waals surface area contributed by atoms with Gasteiger partial charge in [0, 0.05) is 17.3 Å². The zero-order valence-corrected chi connectivity index (χ0v) is 14.5. The zero-order chi connectivity index (χ0) is 18.6. The smallest absolute Gasteiger partial charge is 0.283 e. The molecule has 0 amide bonds.